The highest BCUT2D eigenvalue weighted by molar-refractivity contribution is 6.31. The summed E-state index contributed by atoms with van der Waals surface area (Å²) in [6.07, 6.45) is 1.07. The molecule has 3 N–H and O–H groups in total. The minimum Gasteiger partial charge on any atom is -0.483 e. The fourth-order valence-electron chi connectivity index (χ4n) is 3.39. The number of H-pyrrole nitrogens is 1. The van der Waals surface area contributed by atoms with E-state index in [0.29, 0.717) is 0 Å². The number of nitrogens with zero attached hydrogens (tertiary/aromatic N) is 1. The lowest BCUT2D eigenvalue weighted by atomic mass is 10.0. The lowest BCUT2D eigenvalue weighted by Crippen LogP contribution is -2.34. The van der Waals surface area contributed by atoms with E-state index in [9.17, 15) is 0 Å². The number of halogens is 2. The molecule has 0 radical (unpaired) electrons. The van der Waals surface area contributed by atoms with Crippen molar-refractivity contribution in [2.45, 2.75) is 13.0 Å². The molecule has 1 aromatic heterocycles. The number of benzene rings is 2. The number of hydrogen-bond acceptors (Lipinski definition) is 3. The minimum atomic E-state index is -0.250. The van der Waals surface area contributed by atoms with Gasteiger partial charge in [0, 0.05) is 58.5 Å². The summed E-state index contributed by atoms with van der Waals surface area (Å²) >= 11 is 12.1. The van der Waals surface area contributed by atoms with E-state index in [1.807, 2.05) is 30.3 Å². The van der Waals surface area contributed by atoms with Crippen LogP contribution in [0.15, 0.2) is 42.5 Å². The molecule has 0 amide bonds. The Morgan fingerprint density at radius 1 is 1.15 bits per heavy atom. The van der Waals surface area contributed by atoms with E-state index in [0.717, 1.165) is 48.3 Å². The Hall–Kier alpha value is -2.21. The van der Waals surface area contributed by atoms with Crippen molar-refractivity contribution in [3.63, 3.8) is 0 Å². The van der Waals surface area contributed by atoms with E-state index in [-0.39, 0.29) is 6.47 Å². The first-order valence-electron chi connectivity index (χ1n) is 8.69. The van der Waals surface area contributed by atoms with Gasteiger partial charge in [0.2, 0.25) is 0 Å². The average Bonchev–Trinajstić information content (AvgIpc) is 3.01. The average molecular weight is 406 g/mol. The van der Waals surface area contributed by atoms with E-state index < -0.39 is 0 Å². The third-order valence-electron chi connectivity index (χ3n) is 4.62. The molecule has 0 saturated carbocycles. The molecule has 0 aliphatic carbocycles. The monoisotopic (exact) mass is 405 g/mol. The Morgan fingerprint density at radius 3 is 2.59 bits per heavy atom. The number of aromatic amines is 1. The molecule has 27 heavy (non-hydrogen) atoms. The fourth-order valence-corrected chi connectivity index (χ4v) is 3.68. The first kappa shape index (κ1) is 19.5. The molecule has 1 aliphatic heterocycles. The molecule has 0 bridgehead atoms. The maximum Gasteiger partial charge on any atom is 0.290 e. The van der Waals surface area contributed by atoms with Crippen LogP contribution in [-0.2, 0) is 17.8 Å². The van der Waals surface area contributed by atoms with Gasteiger partial charge in [-0.05, 0) is 54.4 Å². The van der Waals surface area contributed by atoms with Gasteiger partial charge in [0.1, 0.15) is 0 Å². The first-order valence-corrected chi connectivity index (χ1v) is 9.45. The Bertz CT molecular complexity index is 909. The molecule has 4 rings (SSSR count). The van der Waals surface area contributed by atoms with Gasteiger partial charge in [-0.2, -0.15) is 0 Å². The molecule has 5 nitrogen and oxygen atoms in total. The van der Waals surface area contributed by atoms with Crippen LogP contribution >= 0.6 is 23.2 Å². The van der Waals surface area contributed by atoms with Crippen LogP contribution < -0.4 is 5.32 Å². The van der Waals surface area contributed by atoms with Crippen molar-refractivity contribution >= 4 is 46.3 Å². The smallest absolute Gasteiger partial charge is 0.290 e. The van der Waals surface area contributed by atoms with E-state index in [1.165, 1.54) is 22.2 Å². The van der Waals surface area contributed by atoms with Crippen LogP contribution in [0.2, 0.25) is 10.0 Å². The normalized spacial score (nSPS) is 13.6. The predicted octanol–water partition coefficient (Wildman–Crippen LogP) is 4.65. The van der Waals surface area contributed by atoms with Crippen molar-refractivity contribution in [2.75, 3.05) is 25.0 Å². The summed E-state index contributed by atoms with van der Waals surface area (Å²) in [5.41, 5.74) is 5.04. The van der Waals surface area contributed by atoms with Gasteiger partial charge in [0.15, 0.2) is 0 Å². The van der Waals surface area contributed by atoms with Crippen LogP contribution in [0.4, 0.5) is 5.69 Å². The zero-order valence-electron chi connectivity index (χ0n) is 14.7. The second kappa shape index (κ2) is 9.13. The lowest BCUT2D eigenvalue weighted by Gasteiger charge is -2.27. The quantitative estimate of drug-likeness (QED) is 0.552. The van der Waals surface area contributed by atoms with Crippen molar-refractivity contribution < 1.29 is 9.90 Å². The van der Waals surface area contributed by atoms with Crippen LogP contribution in [0.5, 0.6) is 0 Å². The van der Waals surface area contributed by atoms with Gasteiger partial charge in [0.25, 0.3) is 6.47 Å². The van der Waals surface area contributed by atoms with Gasteiger partial charge >= 0.3 is 0 Å². The SMILES string of the molecule is Clc1ccc(NCCN2CCc3c([nH]c4ccc(Cl)cc34)C2)cc1.O=CO. The van der Waals surface area contributed by atoms with E-state index in [1.54, 1.807) is 0 Å². The van der Waals surface area contributed by atoms with Gasteiger partial charge in [-0.15, -0.1) is 0 Å². The van der Waals surface area contributed by atoms with Crippen molar-refractivity contribution in [3.05, 3.63) is 63.8 Å². The highest BCUT2D eigenvalue weighted by Gasteiger charge is 2.20. The number of rotatable bonds is 4. The van der Waals surface area contributed by atoms with Gasteiger partial charge in [0.05, 0.1) is 0 Å². The summed E-state index contributed by atoms with van der Waals surface area (Å²) in [6, 6.07) is 13.9. The van der Waals surface area contributed by atoms with Crippen molar-refractivity contribution in [3.8, 4) is 0 Å². The molecule has 0 fully saturated rings. The molecule has 7 heteroatoms. The van der Waals surface area contributed by atoms with Crippen LogP contribution in [0, 0.1) is 0 Å². The summed E-state index contributed by atoms with van der Waals surface area (Å²) in [6.45, 7) is 3.72. The summed E-state index contributed by atoms with van der Waals surface area (Å²) in [4.78, 5) is 14.4. The minimum absolute atomic E-state index is 0.250. The molecule has 142 valence electrons. The van der Waals surface area contributed by atoms with Crippen LogP contribution in [-0.4, -0.2) is 41.1 Å². The molecule has 0 spiro atoms. The van der Waals surface area contributed by atoms with Gasteiger partial charge < -0.3 is 15.4 Å². The topological polar surface area (TPSA) is 68.4 Å². The van der Waals surface area contributed by atoms with Gasteiger partial charge in [-0.25, -0.2) is 0 Å². The summed E-state index contributed by atoms with van der Waals surface area (Å²) < 4.78 is 0. The lowest BCUT2D eigenvalue weighted by molar-refractivity contribution is -0.122. The highest BCUT2D eigenvalue weighted by atomic mass is 35.5. The fraction of sp³-hybridized carbons (Fsp3) is 0.250. The number of hydrogen-bond donors (Lipinski definition) is 3. The van der Waals surface area contributed by atoms with Gasteiger partial charge in [-0.3, -0.25) is 9.69 Å². The van der Waals surface area contributed by atoms with Crippen molar-refractivity contribution in [1.82, 2.24) is 9.88 Å². The summed E-state index contributed by atoms with van der Waals surface area (Å²) in [5.74, 6) is 0. The number of aromatic nitrogens is 1. The third kappa shape index (κ3) is 4.95. The zero-order valence-corrected chi connectivity index (χ0v) is 16.2. The molecule has 0 atom stereocenters. The van der Waals surface area contributed by atoms with E-state index in [2.05, 4.69) is 27.3 Å². The van der Waals surface area contributed by atoms with Crippen LogP contribution in [0.25, 0.3) is 10.9 Å². The second-order valence-corrected chi connectivity index (χ2v) is 7.21. The first-order chi connectivity index (χ1) is 13.1. The number of carbonyl (C=O) groups is 1. The molecular formula is C20H21Cl2N3O2. The molecule has 0 saturated heterocycles. The Balaban J connectivity index is 0.000000659. The van der Waals surface area contributed by atoms with E-state index in [4.69, 9.17) is 33.1 Å². The maximum atomic E-state index is 8.36. The summed E-state index contributed by atoms with van der Waals surface area (Å²) in [5, 5.41) is 13.2. The zero-order chi connectivity index (χ0) is 19.2. The molecule has 1 aliphatic rings. The van der Waals surface area contributed by atoms with Crippen LogP contribution in [0.3, 0.4) is 0 Å². The molecular weight excluding hydrogens is 385 g/mol. The highest BCUT2D eigenvalue weighted by Crippen LogP contribution is 2.29. The second-order valence-electron chi connectivity index (χ2n) is 6.34. The van der Waals surface area contributed by atoms with Crippen molar-refractivity contribution in [2.24, 2.45) is 0 Å². The standard InChI is InChI=1S/C19H19Cl2N3.CH2O2/c20-13-1-4-15(5-2-13)22-8-10-24-9-7-16-17-11-14(21)3-6-18(17)23-19(16)12-24;2-1-3/h1-6,11,22-23H,7-10,12H2;1H,(H,2,3). The molecule has 3 aromatic rings. The van der Waals surface area contributed by atoms with Crippen molar-refractivity contribution in [1.29, 1.82) is 0 Å². The summed E-state index contributed by atoms with van der Waals surface area (Å²) in [7, 11) is 0. The molecule has 2 heterocycles. The maximum absolute atomic E-state index is 8.36. The predicted molar refractivity (Wildman–Crippen MR) is 111 cm³/mol. The van der Waals surface area contributed by atoms with Gasteiger partial charge in [-0.1, -0.05) is 23.2 Å². The van der Waals surface area contributed by atoms with Crippen LogP contribution in [0.1, 0.15) is 11.3 Å². The number of carboxylic acid groups (broad SMARTS) is 1. The Morgan fingerprint density at radius 2 is 1.85 bits per heavy atom. The largest absolute Gasteiger partial charge is 0.483 e. The molecule has 0 unspecified atom stereocenters. The van der Waals surface area contributed by atoms with E-state index >= 15 is 0 Å². The number of fused-ring (bicyclic) bond motifs is 3. The Kier molecular flexibility index (Phi) is 6.61. The third-order valence-corrected chi connectivity index (χ3v) is 5.10. The number of nitrogens with one attached hydrogen (secondary N) is 2. The molecule has 2 aromatic carbocycles. The Labute approximate surface area is 167 Å². The number of anilines is 1.